The molecule has 112 valence electrons. The minimum absolute atomic E-state index is 0.117. The van der Waals surface area contributed by atoms with E-state index in [1.165, 1.54) is 5.56 Å². The van der Waals surface area contributed by atoms with Crippen LogP contribution in [0.2, 0.25) is 0 Å². The number of hydrogen-bond donors (Lipinski definition) is 3. The van der Waals surface area contributed by atoms with Crippen molar-refractivity contribution in [3.63, 3.8) is 0 Å². The molecule has 3 heterocycles. The summed E-state index contributed by atoms with van der Waals surface area (Å²) in [5.41, 5.74) is 8.95. The number of carbonyl (C=O) groups excluding carboxylic acids is 1. The molecule has 1 aromatic carbocycles. The molecule has 1 amide bonds. The van der Waals surface area contributed by atoms with Gasteiger partial charge in [0.05, 0.1) is 0 Å². The Balaban J connectivity index is 1.58. The predicted octanol–water partition coefficient (Wildman–Crippen LogP) is 0.420. The average Bonchev–Trinajstić information content (AvgIpc) is 2.98. The Morgan fingerprint density at radius 2 is 2.14 bits per heavy atom. The molecule has 1 aromatic rings. The van der Waals surface area contributed by atoms with Crippen molar-refractivity contribution in [1.82, 2.24) is 16.2 Å². The summed E-state index contributed by atoms with van der Waals surface area (Å²) in [6, 6.07) is 8.60. The lowest BCUT2D eigenvalue weighted by Gasteiger charge is -2.34. The molecule has 3 atom stereocenters. The maximum Gasteiger partial charge on any atom is 0.245 e. The number of benzene rings is 1. The Bertz CT molecular complexity index is 547. The molecule has 3 aliphatic rings. The first-order valence-corrected chi connectivity index (χ1v) is 7.95. The van der Waals surface area contributed by atoms with Crippen LogP contribution in [0.5, 0.6) is 0 Å². The van der Waals surface area contributed by atoms with Crippen LogP contribution in [0.3, 0.4) is 0 Å². The van der Waals surface area contributed by atoms with Crippen LogP contribution in [0, 0.1) is 5.92 Å². The normalized spacial score (nSPS) is 31.6. The lowest BCUT2D eigenvalue weighted by Crippen LogP contribution is -2.51. The molecule has 0 saturated carbocycles. The van der Waals surface area contributed by atoms with Crippen molar-refractivity contribution in [2.45, 2.75) is 31.3 Å². The predicted molar refractivity (Wildman–Crippen MR) is 81.9 cm³/mol. The molecule has 0 spiro atoms. The van der Waals surface area contributed by atoms with E-state index in [1.54, 1.807) is 0 Å². The van der Waals surface area contributed by atoms with E-state index in [4.69, 9.17) is 0 Å². The molecule has 2 fully saturated rings. The zero-order valence-electron chi connectivity index (χ0n) is 12.1. The Labute approximate surface area is 125 Å². The number of nitrogens with one attached hydrogen (secondary N) is 3. The number of para-hydroxylation sites is 1. The van der Waals surface area contributed by atoms with E-state index in [1.807, 2.05) is 11.0 Å². The average molecular weight is 286 g/mol. The number of nitrogens with zero attached hydrogens (tertiary/aromatic N) is 1. The molecule has 0 bridgehead atoms. The lowest BCUT2D eigenvalue weighted by atomic mass is 9.88. The molecule has 0 aromatic heterocycles. The van der Waals surface area contributed by atoms with Crippen LogP contribution in [0.25, 0.3) is 0 Å². The van der Waals surface area contributed by atoms with E-state index in [9.17, 15) is 4.79 Å². The molecule has 3 unspecified atom stereocenters. The van der Waals surface area contributed by atoms with Crippen molar-refractivity contribution >= 4 is 11.6 Å². The summed E-state index contributed by atoms with van der Waals surface area (Å²) in [7, 11) is 0. The van der Waals surface area contributed by atoms with Gasteiger partial charge in [-0.2, -0.15) is 0 Å². The van der Waals surface area contributed by atoms with Crippen LogP contribution in [-0.2, 0) is 11.2 Å². The highest BCUT2D eigenvalue weighted by Gasteiger charge is 2.43. The van der Waals surface area contributed by atoms with E-state index in [0.717, 1.165) is 44.6 Å². The molecule has 2 saturated heterocycles. The highest BCUT2D eigenvalue weighted by atomic mass is 16.2. The third-order valence-corrected chi connectivity index (χ3v) is 5.02. The number of carbonyl (C=O) groups is 1. The third-order valence-electron chi connectivity index (χ3n) is 5.02. The number of hydrogen-bond acceptors (Lipinski definition) is 4. The molecule has 3 aliphatic heterocycles. The largest absolute Gasteiger partial charge is 0.316 e. The summed E-state index contributed by atoms with van der Waals surface area (Å²) < 4.78 is 0. The van der Waals surface area contributed by atoms with Gasteiger partial charge in [-0.3, -0.25) is 10.2 Å². The molecule has 21 heavy (non-hydrogen) atoms. The van der Waals surface area contributed by atoms with Crippen molar-refractivity contribution in [2.75, 3.05) is 24.5 Å². The highest BCUT2D eigenvalue weighted by Crippen LogP contribution is 2.29. The van der Waals surface area contributed by atoms with Crippen molar-refractivity contribution in [2.24, 2.45) is 5.92 Å². The SMILES string of the molecule is O=C(C1NNC2CCNCC21)N1CCCc2ccccc21. The van der Waals surface area contributed by atoms with Crippen LogP contribution < -0.4 is 21.1 Å². The van der Waals surface area contributed by atoms with Crippen molar-refractivity contribution in [3.05, 3.63) is 29.8 Å². The summed E-state index contributed by atoms with van der Waals surface area (Å²) in [4.78, 5) is 15.0. The Morgan fingerprint density at radius 3 is 3.10 bits per heavy atom. The highest BCUT2D eigenvalue weighted by molar-refractivity contribution is 5.98. The summed E-state index contributed by atoms with van der Waals surface area (Å²) in [6.45, 7) is 2.78. The molecule has 0 radical (unpaired) electrons. The van der Waals surface area contributed by atoms with Crippen LogP contribution >= 0.6 is 0 Å². The molecule has 4 rings (SSSR count). The minimum Gasteiger partial charge on any atom is -0.316 e. The number of hydrazine groups is 1. The van der Waals surface area contributed by atoms with E-state index in [0.29, 0.717) is 12.0 Å². The van der Waals surface area contributed by atoms with Crippen LogP contribution in [0.4, 0.5) is 5.69 Å². The Morgan fingerprint density at radius 1 is 1.24 bits per heavy atom. The van der Waals surface area contributed by atoms with Crippen molar-refractivity contribution < 1.29 is 4.79 Å². The number of piperidine rings is 1. The zero-order chi connectivity index (χ0) is 14.2. The van der Waals surface area contributed by atoms with Gasteiger partial charge >= 0.3 is 0 Å². The first-order valence-electron chi connectivity index (χ1n) is 7.95. The van der Waals surface area contributed by atoms with E-state index >= 15 is 0 Å². The van der Waals surface area contributed by atoms with Crippen molar-refractivity contribution in [1.29, 1.82) is 0 Å². The van der Waals surface area contributed by atoms with Crippen LogP contribution in [0.1, 0.15) is 18.4 Å². The molecular weight excluding hydrogens is 264 g/mol. The first-order chi connectivity index (χ1) is 10.3. The van der Waals surface area contributed by atoms with Gasteiger partial charge in [0.15, 0.2) is 0 Å². The van der Waals surface area contributed by atoms with Gasteiger partial charge in [-0.1, -0.05) is 18.2 Å². The van der Waals surface area contributed by atoms with Gasteiger partial charge in [0.2, 0.25) is 5.91 Å². The summed E-state index contributed by atoms with van der Waals surface area (Å²) in [5, 5.41) is 3.41. The minimum atomic E-state index is -0.117. The second-order valence-electron chi connectivity index (χ2n) is 6.25. The van der Waals surface area contributed by atoms with Gasteiger partial charge in [0, 0.05) is 30.7 Å². The lowest BCUT2D eigenvalue weighted by molar-refractivity contribution is -0.121. The van der Waals surface area contributed by atoms with Crippen LogP contribution in [-0.4, -0.2) is 37.6 Å². The van der Waals surface area contributed by atoms with Gasteiger partial charge in [0.1, 0.15) is 6.04 Å². The summed E-state index contributed by atoms with van der Waals surface area (Å²) >= 11 is 0. The van der Waals surface area contributed by atoms with E-state index in [-0.39, 0.29) is 11.9 Å². The first kappa shape index (κ1) is 13.2. The fourth-order valence-electron chi connectivity index (χ4n) is 3.89. The number of anilines is 1. The number of fused-ring (bicyclic) bond motifs is 2. The van der Waals surface area contributed by atoms with Gasteiger partial charge < -0.3 is 10.2 Å². The third kappa shape index (κ3) is 2.25. The molecule has 5 heteroatoms. The van der Waals surface area contributed by atoms with E-state index < -0.39 is 0 Å². The van der Waals surface area contributed by atoms with Gasteiger partial charge in [-0.15, -0.1) is 0 Å². The summed E-state index contributed by atoms with van der Waals surface area (Å²) in [6.07, 6.45) is 3.21. The number of aryl methyl sites for hydroxylation is 1. The molecular formula is C16H22N4O. The molecule has 3 N–H and O–H groups in total. The molecule has 0 aliphatic carbocycles. The Kier molecular flexibility index (Phi) is 3.41. The summed E-state index contributed by atoms with van der Waals surface area (Å²) in [5.74, 6) is 0.561. The van der Waals surface area contributed by atoms with E-state index in [2.05, 4.69) is 34.4 Å². The quantitative estimate of drug-likeness (QED) is 0.700. The smallest absolute Gasteiger partial charge is 0.245 e. The number of amides is 1. The fraction of sp³-hybridized carbons (Fsp3) is 0.562. The zero-order valence-corrected chi connectivity index (χ0v) is 12.1. The standard InChI is InChI=1S/C16H22N4O/c21-16(15-12-10-17-8-7-13(12)18-19-15)20-9-3-5-11-4-1-2-6-14(11)20/h1-2,4,6,12-13,15,17-19H,3,5,7-10H2. The maximum absolute atomic E-state index is 13.0. The Hall–Kier alpha value is -1.43. The fourth-order valence-corrected chi connectivity index (χ4v) is 3.89. The van der Waals surface area contributed by atoms with Gasteiger partial charge in [-0.05, 0) is 37.4 Å². The second kappa shape index (κ2) is 5.40. The second-order valence-corrected chi connectivity index (χ2v) is 6.25. The van der Waals surface area contributed by atoms with Gasteiger partial charge in [0.25, 0.3) is 0 Å². The topological polar surface area (TPSA) is 56.4 Å². The maximum atomic E-state index is 13.0. The van der Waals surface area contributed by atoms with Crippen molar-refractivity contribution in [3.8, 4) is 0 Å². The van der Waals surface area contributed by atoms with Crippen LogP contribution in [0.15, 0.2) is 24.3 Å². The molecule has 5 nitrogen and oxygen atoms in total. The van der Waals surface area contributed by atoms with Gasteiger partial charge in [-0.25, -0.2) is 5.43 Å². The monoisotopic (exact) mass is 286 g/mol. The number of rotatable bonds is 1.